The highest BCUT2D eigenvalue weighted by Gasteiger charge is 2.11. The fraction of sp³-hybridized carbons (Fsp3) is 0.158. The lowest BCUT2D eigenvalue weighted by molar-refractivity contribution is 0.0955. The number of aliphatic hydroxyl groups is 1. The smallest absolute Gasteiger partial charge is 0.271 e. The molecule has 27 heavy (non-hydrogen) atoms. The van der Waals surface area contributed by atoms with Gasteiger partial charge < -0.3 is 19.7 Å². The number of phenols is 1. The van der Waals surface area contributed by atoms with Crippen LogP contribution in [-0.2, 0) is 0 Å². The Labute approximate surface area is 161 Å². The minimum atomic E-state index is -0.492. The van der Waals surface area contributed by atoms with Gasteiger partial charge in [0.05, 0.1) is 31.0 Å². The number of rotatable bonds is 5. The second-order valence-corrected chi connectivity index (χ2v) is 5.54. The SMILES string of the molecule is COc1cc(C=NNC(=O)c2ccc(O)c(Cl)c2)cc(C#CCO)c1OC. The number of carbonyl (C=O) groups is 1. The summed E-state index contributed by atoms with van der Waals surface area (Å²) in [6.07, 6.45) is 1.41. The van der Waals surface area contributed by atoms with E-state index in [2.05, 4.69) is 22.4 Å². The molecule has 0 radical (unpaired) electrons. The van der Waals surface area contributed by atoms with Crippen LogP contribution in [0.2, 0.25) is 5.02 Å². The zero-order chi connectivity index (χ0) is 19.8. The van der Waals surface area contributed by atoms with Crippen molar-refractivity contribution in [3.05, 3.63) is 52.0 Å². The molecule has 0 heterocycles. The molecule has 0 saturated carbocycles. The minimum Gasteiger partial charge on any atom is -0.506 e. The van der Waals surface area contributed by atoms with E-state index in [4.69, 9.17) is 26.2 Å². The molecule has 0 aliphatic rings. The second kappa shape index (κ2) is 9.48. The van der Waals surface area contributed by atoms with Gasteiger partial charge in [0.25, 0.3) is 5.91 Å². The molecule has 0 atom stereocenters. The summed E-state index contributed by atoms with van der Waals surface area (Å²) in [5, 5.41) is 22.2. The molecular weight excluding hydrogens is 372 g/mol. The van der Waals surface area contributed by atoms with Crippen molar-refractivity contribution in [1.82, 2.24) is 5.43 Å². The van der Waals surface area contributed by atoms with Gasteiger partial charge in [0.15, 0.2) is 11.5 Å². The number of hydrogen-bond acceptors (Lipinski definition) is 6. The Morgan fingerprint density at radius 2 is 2.07 bits per heavy atom. The van der Waals surface area contributed by atoms with Gasteiger partial charge in [0.1, 0.15) is 12.4 Å². The molecule has 0 aromatic heterocycles. The highest BCUT2D eigenvalue weighted by atomic mass is 35.5. The molecule has 0 fully saturated rings. The Hall–Kier alpha value is -3.21. The van der Waals surface area contributed by atoms with E-state index in [9.17, 15) is 9.90 Å². The van der Waals surface area contributed by atoms with E-state index >= 15 is 0 Å². The summed E-state index contributed by atoms with van der Waals surface area (Å²) in [6, 6.07) is 7.42. The van der Waals surface area contributed by atoms with Gasteiger partial charge in [0.2, 0.25) is 0 Å². The molecule has 0 aliphatic carbocycles. The zero-order valence-corrected chi connectivity index (χ0v) is 15.4. The largest absolute Gasteiger partial charge is 0.506 e. The highest BCUT2D eigenvalue weighted by Crippen LogP contribution is 2.31. The Morgan fingerprint density at radius 1 is 1.30 bits per heavy atom. The molecule has 8 heteroatoms. The Balaban J connectivity index is 2.22. The molecule has 0 unspecified atom stereocenters. The highest BCUT2D eigenvalue weighted by molar-refractivity contribution is 6.32. The number of carbonyl (C=O) groups excluding carboxylic acids is 1. The maximum absolute atomic E-state index is 12.1. The van der Waals surface area contributed by atoms with Gasteiger partial charge in [-0.05, 0) is 35.9 Å². The van der Waals surface area contributed by atoms with Crippen LogP contribution in [0.25, 0.3) is 0 Å². The van der Waals surface area contributed by atoms with Gasteiger partial charge in [-0.1, -0.05) is 23.4 Å². The number of hydrogen-bond donors (Lipinski definition) is 3. The van der Waals surface area contributed by atoms with Gasteiger partial charge in [-0.3, -0.25) is 4.79 Å². The molecule has 0 bridgehead atoms. The number of amides is 1. The molecule has 7 nitrogen and oxygen atoms in total. The predicted octanol–water partition coefficient (Wildman–Crippen LogP) is 2.17. The van der Waals surface area contributed by atoms with E-state index < -0.39 is 5.91 Å². The van der Waals surface area contributed by atoms with E-state index in [1.165, 1.54) is 38.6 Å². The van der Waals surface area contributed by atoms with E-state index in [0.29, 0.717) is 22.6 Å². The normalized spacial score (nSPS) is 10.2. The molecule has 1 amide bonds. The van der Waals surface area contributed by atoms with Crippen LogP contribution >= 0.6 is 11.6 Å². The van der Waals surface area contributed by atoms with Crippen LogP contribution in [0.1, 0.15) is 21.5 Å². The quantitative estimate of drug-likeness (QED) is 0.414. The Kier molecular flexibility index (Phi) is 7.06. The molecule has 2 aromatic rings. The summed E-state index contributed by atoms with van der Waals surface area (Å²) < 4.78 is 10.6. The number of ether oxygens (including phenoxy) is 2. The first-order chi connectivity index (χ1) is 13.0. The van der Waals surface area contributed by atoms with E-state index in [0.717, 1.165) is 0 Å². The molecule has 0 aliphatic heterocycles. The Bertz CT molecular complexity index is 932. The number of phenolic OH excluding ortho intramolecular Hbond substituents is 1. The van der Waals surface area contributed by atoms with Gasteiger partial charge in [0, 0.05) is 5.56 Å². The lowest BCUT2D eigenvalue weighted by Crippen LogP contribution is -2.17. The van der Waals surface area contributed by atoms with Crippen molar-refractivity contribution < 1.29 is 24.5 Å². The lowest BCUT2D eigenvalue weighted by atomic mass is 10.1. The average Bonchev–Trinajstić information content (AvgIpc) is 2.67. The average molecular weight is 389 g/mol. The molecule has 0 spiro atoms. The van der Waals surface area contributed by atoms with Crippen molar-refractivity contribution in [3.8, 4) is 29.1 Å². The maximum Gasteiger partial charge on any atom is 0.271 e. The third kappa shape index (κ3) is 5.14. The molecule has 2 aromatic carbocycles. The summed E-state index contributed by atoms with van der Waals surface area (Å²) in [4.78, 5) is 12.1. The van der Waals surface area contributed by atoms with Gasteiger partial charge in [-0.2, -0.15) is 5.10 Å². The van der Waals surface area contributed by atoms with E-state index in [1.54, 1.807) is 12.1 Å². The number of methoxy groups -OCH3 is 2. The van der Waals surface area contributed by atoms with Gasteiger partial charge >= 0.3 is 0 Å². The van der Waals surface area contributed by atoms with Crippen LogP contribution < -0.4 is 14.9 Å². The minimum absolute atomic E-state index is 0.0682. The number of hydrazone groups is 1. The Morgan fingerprint density at radius 3 is 2.70 bits per heavy atom. The van der Waals surface area contributed by atoms with Crippen molar-refractivity contribution in [2.75, 3.05) is 20.8 Å². The molecule has 140 valence electrons. The topological polar surface area (TPSA) is 100 Å². The summed E-state index contributed by atoms with van der Waals surface area (Å²) >= 11 is 5.78. The number of nitrogens with one attached hydrogen (secondary N) is 1. The van der Waals surface area contributed by atoms with Gasteiger partial charge in [-0.25, -0.2) is 5.43 Å². The van der Waals surface area contributed by atoms with Crippen molar-refractivity contribution in [2.24, 2.45) is 5.10 Å². The molecule has 2 rings (SSSR count). The third-order valence-corrected chi connectivity index (χ3v) is 3.70. The molecular formula is C19H17ClN2O5. The number of benzene rings is 2. The monoisotopic (exact) mass is 388 g/mol. The van der Waals surface area contributed by atoms with Crippen molar-refractivity contribution in [1.29, 1.82) is 0 Å². The van der Waals surface area contributed by atoms with E-state index in [-0.39, 0.29) is 22.9 Å². The van der Waals surface area contributed by atoms with Crippen LogP contribution in [0.5, 0.6) is 17.2 Å². The van der Waals surface area contributed by atoms with Crippen LogP contribution in [0.4, 0.5) is 0 Å². The number of aliphatic hydroxyl groups excluding tert-OH is 1. The number of aromatic hydroxyl groups is 1. The zero-order valence-electron chi connectivity index (χ0n) is 14.6. The fourth-order valence-corrected chi connectivity index (χ4v) is 2.35. The number of nitrogens with zero attached hydrogens (tertiary/aromatic N) is 1. The molecule has 3 N–H and O–H groups in total. The fourth-order valence-electron chi connectivity index (χ4n) is 2.17. The van der Waals surface area contributed by atoms with Crippen LogP contribution in [0.3, 0.4) is 0 Å². The summed E-state index contributed by atoms with van der Waals surface area (Å²) in [5.74, 6) is 5.58. The summed E-state index contributed by atoms with van der Waals surface area (Å²) in [6.45, 7) is -0.297. The van der Waals surface area contributed by atoms with Crippen molar-refractivity contribution in [2.45, 2.75) is 0 Å². The van der Waals surface area contributed by atoms with Crippen molar-refractivity contribution >= 4 is 23.7 Å². The predicted molar refractivity (Wildman–Crippen MR) is 102 cm³/mol. The third-order valence-electron chi connectivity index (χ3n) is 3.39. The maximum atomic E-state index is 12.1. The molecule has 0 saturated heterocycles. The standard InChI is InChI=1S/C19H17ClN2O5/c1-26-17-9-12(8-13(4-3-7-23)18(17)27-2)11-21-22-19(25)14-5-6-16(24)15(20)10-14/h5-6,8-11,23-24H,7H2,1-2H3,(H,22,25). The number of halogens is 1. The van der Waals surface area contributed by atoms with Crippen LogP contribution in [0.15, 0.2) is 35.4 Å². The van der Waals surface area contributed by atoms with Crippen molar-refractivity contribution in [3.63, 3.8) is 0 Å². The lowest BCUT2D eigenvalue weighted by Gasteiger charge is -2.10. The first-order valence-electron chi connectivity index (χ1n) is 7.67. The van der Waals surface area contributed by atoms with Crippen LogP contribution in [0, 0.1) is 11.8 Å². The first kappa shape index (κ1) is 20.1. The van der Waals surface area contributed by atoms with E-state index in [1.807, 2.05) is 0 Å². The summed E-state index contributed by atoms with van der Waals surface area (Å²) in [5.41, 5.74) is 3.71. The second-order valence-electron chi connectivity index (χ2n) is 5.13. The first-order valence-corrected chi connectivity index (χ1v) is 8.05. The summed E-state index contributed by atoms with van der Waals surface area (Å²) in [7, 11) is 2.97. The van der Waals surface area contributed by atoms with Gasteiger partial charge in [-0.15, -0.1) is 0 Å². The van der Waals surface area contributed by atoms with Crippen LogP contribution in [-0.4, -0.2) is 43.2 Å².